The molecule has 0 saturated carbocycles. The van der Waals surface area contributed by atoms with Gasteiger partial charge in [-0.3, -0.25) is 0 Å². The van der Waals surface area contributed by atoms with Gasteiger partial charge in [-0.15, -0.1) is 0 Å². The SMILES string of the molecule is CNC(C)c1ccccc1C(F)(F)C(F)(F)c1ccccc1. The van der Waals surface area contributed by atoms with Gasteiger partial charge < -0.3 is 5.32 Å². The van der Waals surface area contributed by atoms with Crippen molar-refractivity contribution in [3.8, 4) is 0 Å². The molecule has 22 heavy (non-hydrogen) atoms. The first-order valence-electron chi connectivity index (χ1n) is 6.90. The molecule has 1 N–H and O–H groups in total. The first-order chi connectivity index (χ1) is 10.3. The van der Waals surface area contributed by atoms with E-state index in [4.69, 9.17) is 0 Å². The quantitative estimate of drug-likeness (QED) is 0.778. The van der Waals surface area contributed by atoms with Crippen LogP contribution in [0.2, 0.25) is 0 Å². The molecule has 1 nitrogen and oxygen atoms in total. The molecule has 0 heterocycles. The highest BCUT2D eigenvalue weighted by molar-refractivity contribution is 5.37. The predicted molar refractivity (Wildman–Crippen MR) is 78.1 cm³/mol. The zero-order valence-electron chi connectivity index (χ0n) is 12.3. The monoisotopic (exact) mass is 311 g/mol. The van der Waals surface area contributed by atoms with E-state index in [0.29, 0.717) is 0 Å². The normalized spacial score (nSPS) is 13.9. The third kappa shape index (κ3) is 2.73. The minimum Gasteiger partial charge on any atom is -0.313 e. The van der Waals surface area contributed by atoms with Crippen LogP contribution >= 0.6 is 0 Å². The van der Waals surface area contributed by atoms with Crippen molar-refractivity contribution in [3.63, 3.8) is 0 Å². The third-order valence-corrected chi connectivity index (χ3v) is 3.73. The number of alkyl halides is 4. The maximum Gasteiger partial charge on any atom is 0.340 e. The molecule has 2 rings (SSSR count). The number of nitrogens with one attached hydrogen (secondary N) is 1. The lowest BCUT2D eigenvalue weighted by Gasteiger charge is -2.30. The Morgan fingerprint density at radius 1 is 0.818 bits per heavy atom. The van der Waals surface area contributed by atoms with Crippen molar-refractivity contribution in [2.75, 3.05) is 7.05 Å². The molecule has 0 aliphatic heterocycles. The van der Waals surface area contributed by atoms with Gasteiger partial charge in [-0.25, -0.2) is 0 Å². The van der Waals surface area contributed by atoms with E-state index in [-0.39, 0.29) is 5.56 Å². The molecule has 0 fully saturated rings. The smallest absolute Gasteiger partial charge is 0.313 e. The lowest BCUT2D eigenvalue weighted by molar-refractivity contribution is -0.224. The van der Waals surface area contributed by atoms with Crippen LogP contribution < -0.4 is 5.32 Å². The average Bonchev–Trinajstić information content (AvgIpc) is 2.54. The Labute approximate surface area is 127 Å². The van der Waals surface area contributed by atoms with E-state index in [0.717, 1.165) is 18.2 Å². The lowest BCUT2D eigenvalue weighted by atomic mass is 9.90. The van der Waals surface area contributed by atoms with Crippen LogP contribution in [0, 0.1) is 0 Å². The fourth-order valence-electron chi connectivity index (χ4n) is 2.31. The van der Waals surface area contributed by atoms with Crippen LogP contribution in [-0.4, -0.2) is 7.05 Å². The Morgan fingerprint density at radius 3 is 1.95 bits per heavy atom. The number of halogens is 4. The molecule has 2 aromatic rings. The summed E-state index contributed by atoms with van der Waals surface area (Å²) in [6, 6.07) is 11.1. The van der Waals surface area contributed by atoms with Gasteiger partial charge >= 0.3 is 11.8 Å². The third-order valence-electron chi connectivity index (χ3n) is 3.73. The van der Waals surface area contributed by atoms with Gasteiger partial charge in [-0.2, -0.15) is 17.6 Å². The molecule has 1 atom stereocenters. The largest absolute Gasteiger partial charge is 0.340 e. The van der Waals surface area contributed by atoms with Gasteiger partial charge in [0.05, 0.1) is 0 Å². The van der Waals surface area contributed by atoms with Crippen LogP contribution in [0.15, 0.2) is 54.6 Å². The van der Waals surface area contributed by atoms with Crippen molar-refractivity contribution in [1.82, 2.24) is 5.32 Å². The summed E-state index contributed by atoms with van der Waals surface area (Å²) in [5, 5.41) is 2.81. The molecular formula is C17H17F4N. The molecular weight excluding hydrogens is 294 g/mol. The van der Waals surface area contributed by atoms with Gasteiger partial charge in [0.15, 0.2) is 0 Å². The summed E-state index contributed by atoms with van der Waals surface area (Å²) in [5.74, 6) is -8.60. The lowest BCUT2D eigenvalue weighted by Crippen LogP contribution is -2.37. The van der Waals surface area contributed by atoms with Gasteiger partial charge in [0, 0.05) is 17.2 Å². The highest BCUT2D eigenvalue weighted by Gasteiger charge is 2.59. The summed E-state index contributed by atoms with van der Waals surface area (Å²) in [7, 11) is 1.59. The van der Waals surface area contributed by atoms with Gasteiger partial charge in [-0.1, -0.05) is 54.6 Å². The van der Waals surface area contributed by atoms with Crippen molar-refractivity contribution >= 4 is 0 Å². The Morgan fingerprint density at radius 2 is 1.36 bits per heavy atom. The van der Waals surface area contributed by atoms with Crippen molar-refractivity contribution in [2.24, 2.45) is 0 Å². The minimum atomic E-state index is -4.31. The first-order valence-corrected chi connectivity index (χ1v) is 6.90. The van der Waals surface area contributed by atoms with E-state index in [1.165, 1.54) is 30.3 Å². The van der Waals surface area contributed by atoms with Gasteiger partial charge in [0.1, 0.15) is 0 Å². The van der Waals surface area contributed by atoms with Crippen LogP contribution in [-0.2, 0) is 11.8 Å². The molecule has 0 spiro atoms. The number of benzene rings is 2. The van der Waals surface area contributed by atoms with E-state index in [9.17, 15) is 17.6 Å². The number of rotatable bonds is 5. The van der Waals surface area contributed by atoms with Crippen LogP contribution in [0.25, 0.3) is 0 Å². The Hall–Kier alpha value is -1.88. The van der Waals surface area contributed by atoms with E-state index in [2.05, 4.69) is 5.32 Å². The van der Waals surface area contributed by atoms with Crippen LogP contribution in [0.1, 0.15) is 29.7 Å². The minimum absolute atomic E-state index is 0.158. The zero-order chi connectivity index (χ0) is 16.4. The van der Waals surface area contributed by atoms with Crippen LogP contribution in [0.4, 0.5) is 17.6 Å². The first kappa shape index (κ1) is 16.5. The summed E-state index contributed by atoms with van der Waals surface area (Å²) in [4.78, 5) is 0. The second-order valence-electron chi connectivity index (χ2n) is 5.11. The van der Waals surface area contributed by atoms with Crippen molar-refractivity contribution in [3.05, 3.63) is 71.3 Å². The molecule has 0 aliphatic carbocycles. The topological polar surface area (TPSA) is 12.0 Å². The highest BCUT2D eigenvalue weighted by Crippen LogP contribution is 2.50. The molecule has 5 heteroatoms. The molecule has 0 amide bonds. The molecule has 118 valence electrons. The zero-order valence-corrected chi connectivity index (χ0v) is 12.3. The second-order valence-corrected chi connectivity index (χ2v) is 5.11. The van der Waals surface area contributed by atoms with Crippen LogP contribution in [0.3, 0.4) is 0 Å². The van der Waals surface area contributed by atoms with Crippen molar-refractivity contribution in [1.29, 1.82) is 0 Å². The second kappa shape index (κ2) is 6.08. The van der Waals surface area contributed by atoms with E-state index < -0.39 is 29.0 Å². The fraction of sp³-hybridized carbons (Fsp3) is 0.294. The predicted octanol–water partition coefficient (Wildman–Crippen LogP) is 4.85. The summed E-state index contributed by atoms with van der Waals surface area (Å²) >= 11 is 0. The highest BCUT2D eigenvalue weighted by atomic mass is 19.3. The van der Waals surface area contributed by atoms with Crippen molar-refractivity contribution < 1.29 is 17.6 Å². The summed E-state index contributed by atoms with van der Waals surface area (Å²) in [5.41, 5.74) is -1.21. The molecule has 2 aromatic carbocycles. The Balaban J connectivity index is 2.55. The maximum absolute atomic E-state index is 14.6. The van der Waals surface area contributed by atoms with Crippen LogP contribution in [0.5, 0.6) is 0 Å². The van der Waals surface area contributed by atoms with Gasteiger partial charge in [0.2, 0.25) is 0 Å². The molecule has 0 aliphatic rings. The summed E-state index contributed by atoms with van der Waals surface area (Å²) in [6.45, 7) is 1.65. The van der Waals surface area contributed by atoms with Gasteiger partial charge in [-0.05, 0) is 19.5 Å². The molecule has 1 unspecified atom stereocenters. The average molecular weight is 311 g/mol. The Kier molecular flexibility index (Phi) is 4.56. The van der Waals surface area contributed by atoms with E-state index >= 15 is 0 Å². The van der Waals surface area contributed by atoms with E-state index in [1.807, 2.05) is 0 Å². The molecule has 0 saturated heterocycles. The molecule has 0 radical (unpaired) electrons. The number of hydrogen-bond acceptors (Lipinski definition) is 1. The molecule has 0 aromatic heterocycles. The van der Waals surface area contributed by atoms with Gasteiger partial charge in [0.25, 0.3) is 0 Å². The summed E-state index contributed by atoms with van der Waals surface area (Å²) < 4.78 is 58.0. The standard InChI is InChI=1S/C17H17F4N/c1-12(22-2)14-10-6-7-11-15(14)17(20,21)16(18,19)13-8-4-3-5-9-13/h3-12,22H,1-2H3. The molecule has 0 bridgehead atoms. The Bertz CT molecular complexity index is 626. The fourth-order valence-corrected chi connectivity index (χ4v) is 2.31. The maximum atomic E-state index is 14.6. The number of hydrogen-bond donors (Lipinski definition) is 1. The van der Waals surface area contributed by atoms with E-state index in [1.54, 1.807) is 20.0 Å². The summed E-state index contributed by atoms with van der Waals surface area (Å²) in [6.07, 6.45) is 0. The van der Waals surface area contributed by atoms with Crippen molar-refractivity contribution in [2.45, 2.75) is 24.8 Å².